The highest BCUT2D eigenvalue weighted by Crippen LogP contribution is 2.20. The predicted molar refractivity (Wildman–Crippen MR) is 70.8 cm³/mol. The van der Waals surface area contributed by atoms with Gasteiger partial charge in [-0.15, -0.1) is 11.3 Å². The Morgan fingerprint density at radius 3 is 2.74 bits per heavy atom. The summed E-state index contributed by atoms with van der Waals surface area (Å²) in [4.78, 5) is 26.5. The van der Waals surface area contributed by atoms with Crippen LogP contribution in [0.1, 0.15) is 17.4 Å². The fourth-order valence-corrected chi connectivity index (χ4v) is 1.95. The molecule has 0 fully saturated rings. The Labute approximate surface area is 112 Å². The van der Waals surface area contributed by atoms with Crippen LogP contribution in [0.5, 0.6) is 0 Å². The van der Waals surface area contributed by atoms with Gasteiger partial charge in [0, 0.05) is 18.0 Å². The summed E-state index contributed by atoms with van der Waals surface area (Å²) in [6.07, 6.45) is 0. The Bertz CT molecular complexity index is 613. The molecule has 0 radical (unpaired) electrons. The van der Waals surface area contributed by atoms with Crippen molar-refractivity contribution in [3.8, 4) is 0 Å². The van der Waals surface area contributed by atoms with E-state index in [-0.39, 0.29) is 17.3 Å². The molecule has 0 bridgehead atoms. The van der Waals surface area contributed by atoms with E-state index in [4.69, 9.17) is 0 Å². The molecule has 1 heterocycles. The van der Waals surface area contributed by atoms with Gasteiger partial charge in [-0.25, -0.2) is 9.37 Å². The maximum atomic E-state index is 13.6. The second kappa shape index (κ2) is 5.57. The summed E-state index contributed by atoms with van der Waals surface area (Å²) in [6, 6.07) is 3.93. The van der Waals surface area contributed by atoms with Crippen LogP contribution >= 0.6 is 11.3 Å². The number of rotatable bonds is 3. The largest absolute Gasteiger partial charge is 0.326 e. The summed E-state index contributed by atoms with van der Waals surface area (Å²) in [7, 11) is 0. The van der Waals surface area contributed by atoms with Crippen LogP contribution in [-0.2, 0) is 4.79 Å². The number of hydrogen-bond donors (Lipinski definition) is 2. The Balaban J connectivity index is 2.19. The summed E-state index contributed by atoms with van der Waals surface area (Å²) in [5.41, 5.74) is 2.12. The average molecular weight is 279 g/mol. The van der Waals surface area contributed by atoms with Crippen LogP contribution in [0.3, 0.4) is 0 Å². The molecule has 0 spiro atoms. The van der Waals surface area contributed by atoms with Gasteiger partial charge in [-0.1, -0.05) is 0 Å². The third-order valence-electron chi connectivity index (χ3n) is 2.20. The number of carbonyl (C=O) groups excluding carboxylic acids is 2. The Hall–Kier alpha value is -2.28. The SMILES string of the molecule is CC(=O)Nc1ccc(F)c(NC(=O)c2cscn2)c1. The fraction of sp³-hybridized carbons (Fsp3) is 0.0833. The lowest BCUT2D eigenvalue weighted by Crippen LogP contribution is -2.14. The molecule has 0 saturated heterocycles. The number of thiazole rings is 1. The minimum Gasteiger partial charge on any atom is -0.326 e. The first-order valence-corrected chi connectivity index (χ1v) is 6.27. The molecule has 98 valence electrons. The van der Waals surface area contributed by atoms with Gasteiger partial charge in [0.15, 0.2) is 0 Å². The molecule has 2 aromatic rings. The van der Waals surface area contributed by atoms with Crippen LogP contribution < -0.4 is 10.6 Å². The quantitative estimate of drug-likeness (QED) is 0.906. The molecule has 0 aliphatic carbocycles. The predicted octanol–water partition coefficient (Wildman–Crippen LogP) is 2.49. The van der Waals surface area contributed by atoms with Crippen molar-refractivity contribution in [3.63, 3.8) is 0 Å². The smallest absolute Gasteiger partial charge is 0.275 e. The van der Waals surface area contributed by atoms with Crippen LogP contribution in [0.2, 0.25) is 0 Å². The van der Waals surface area contributed by atoms with Gasteiger partial charge < -0.3 is 10.6 Å². The molecule has 1 aromatic carbocycles. The molecule has 5 nitrogen and oxygen atoms in total. The molecule has 0 saturated carbocycles. The van der Waals surface area contributed by atoms with Gasteiger partial charge in [0.1, 0.15) is 11.5 Å². The van der Waals surface area contributed by atoms with E-state index in [1.807, 2.05) is 0 Å². The molecule has 2 N–H and O–H groups in total. The number of nitrogens with one attached hydrogen (secondary N) is 2. The van der Waals surface area contributed by atoms with Crippen molar-refractivity contribution >= 4 is 34.5 Å². The highest BCUT2D eigenvalue weighted by molar-refractivity contribution is 7.07. The van der Waals surface area contributed by atoms with Gasteiger partial charge >= 0.3 is 0 Å². The second-order valence-corrected chi connectivity index (χ2v) is 4.42. The van der Waals surface area contributed by atoms with Crippen molar-refractivity contribution in [1.29, 1.82) is 0 Å². The number of benzene rings is 1. The van der Waals surface area contributed by atoms with Crippen molar-refractivity contribution in [2.75, 3.05) is 10.6 Å². The van der Waals surface area contributed by atoms with Gasteiger partial charge in [-0.2, -0.15) is 0 Å². The van der Waals surface area contributed by atoms with Gasteiger partial charge in [-0.05, 0) is 18.2 Å². The summed E-state index contributed by atoms with van der Waals surface area (Å²) in [5, 5.41) is 6.48. The summed E-state index contributed by atoms with van der Waals surface area (Å²) in [6.45, 7) is 1.34. The van der Waals surface area contributed by atoms with Crippen LogP contribution in [-0.4, -0.2) is 16.8 Å². The van der Waals surface area contributed by atoms with Crippen molar-refractivity contribution < 1.29 is 14.0 Å². The van der Waals surface area contributed by atoms with Gasteiger partial charge in [0.05, 0.1) is 11.2 Å². The first-order chi connectivity index (χ1) is 9.06. The number of amides is 2. The lowest BCUT2D eigenvalue weighted by Gasteiger charge is -2.08. The molecule has 0 unspecified atom stereocenters. The lowest BCUT2D eigenvalue weighted by atomic mass is 10.2. The Kier molecular flexibility index (Phi) is 3.86. The lowest BCUT2D eigenvalue weighted by molar-refractivity contribution is -0.114. The average Bonchev–Trinajstić information content (AvgIpc) is 2.86. The van der Waals surface area contributed by atoms with Gasteiger partial charge in [0.25, 0.3) is 5.91 Å². The van der Waals surface area contributed by atoms with E-state index in [0.717, 1.165) is 0 Å². The van der Waals surface area contributed by atoms with Gasteiger partial charge in [-0.3, -0.25) is 9.59 Å². The summed E-state index contributed by atoms with van der Waals surface area (Å²) in [5.74, 6) is -1.36. The third-order valence-corrected chi connectivity index (χ3v) is 2.79. The van der Waals surface area contributed by atoms with Crippen molar-refractivity contribution in [2.45, 2.75) is 6.92 Å². The summed E-state index contributed by atoms with van der Waals surface area (Å²) < 4.78 is 13.6. The highest BCUT2D eigenvalue weighted by Gasteiger charge is 2.11. The fourth-order valence-electron chi connectivity index (χ4n) is 1.41. The standard InChI is InChI=1S/C12H10FN3O2S/c1-7(17)15-8-2-3-9(13)10(4-8)16-12(18)11-5-19-6-14-11/h2-6H,1H3,(H,15,17)(H,16,18). The number of hydrogen-bond acceptors (Lipinski definition) is 4. The number of carbonyl (C=O) groups is 2. The number of aromatic nitrogens is 1. The van der Waals surface area contributed by atoms with Crippen molar-refractivity contribution in [2.24, 2.45) is 0 Å². The normalized spacial score (nSPS) is 10.0. The molecule has 0 atom stereocenters. The number of nitrogens with zero attached hydrogens (tertiary/aromatic N) is 1. The molecular formula is C12H10FN3O2S. The first-order valence-electron chi connectivity index (χ1n) is 5.33. The maximum absolute atomic E-state index is 13.6. The molecule has 19 heavy (non-hydrogen) atoms. The Morgan fingerprint density at radius 1 is 1.32 bits per heavy atom. The summed E-state index contributed by atoms with van der Waals surface area (Å²) >= 11 is 1.27. The van der Waals surface area contributed by atoms with E-state index in [9.17, 15) is 14.0 Å². The number of anilines is 2. The monoisotopic (exact) mass is 279 g/mol. The van der Waals surface area contributed by atoms with E-state index in [0.29, 0.717) is 5.69 Å². The molecule has 1 aromatic heterocycles. The van der Waals surface area contributed by atoms with E-state index < -0.39 is 11.7 Å². The second-order valence-electron chi connectivity index (χ2n) is 3.70. The van der Waals surface area contributed by atoms with Crippen LogP contribution in [0, 0.1) is 5.82 Å². The molecule has 0 aliphatic rings. The molecule has 0 aliphatic heterocycles. The zero-order valence-electron chi connectivity index (χ0n) is 9.94. The van der Waals surface area contributed by atoms with E-state index in [1.165, 1.54) is 42.0 Å². The van der Waals surface area contributed by atoms with Crippen molar-refractivity contribution in [3.05, 3.63) is 40.6 Å². The topological polar surface area (TPSA) is 71.1 Å². The Morgan fingerprint density at radius 2 is 2.11 bits per heavy atom. The van der Waals surface area contributed by atoms with Crippen molar-refractivity contribution in [1.82, 2.24) is 4.98 Å². The minimum atomic E-state index is -0.585. The molecule has 2 amide bonds. The molecule has 2 rings (SSSR count). The van der Waals surface area contributed by atoms with Gasteiger partial charge in [0.2, 0.25) is 5.91 Å². The molecule has 7 heteroatoms. The maximum Gasteiger partial charge on any atom is 0.275 e. The zero-order chi connectivity index (χ0) is 13.8. The van der Waals surface area contributed by atoms with Crippen LogP contribution in [0.25, 0.3) is 0 Å². The first kappa shape index (κ1) is 13.2. The van der Waals surface area contributed by atoms with E-state index in [1.54, 1.807) is 5.38 Å². The number of halogens is 1. The third kappa shape index (κ3) is 3.35. The zero-order valence-corrected chi connectivity index (χ0v) is 10.8. The minimum absolute atomic E-state index is 0.00995. The van der Waals surface area contributed by atoms with Crippen LogP contribution in [0.4, 0.5) is 15.8 Å². The van der Waals surface area contributed by atoms with E-state index >= 15 is 0 Å². The molecular weight excluding hydrogens is 269 g/mol. The van der Waals surface area contributed by atoms with Crippen LogP contribution in [0.15, 0.2) is 29.1 Å². The van der Waals surface area contributed by atoms with E-state index in [2.05, 4.69) is 15.6 Å². The highest BCUT2D eigenvalue weighted by atomic mass is 32.1.